The topological polar surface area (TPSA) is 120 Å². The van der Waals surface area contributed by atoms with Gasteiger partial charge in [-0.15, -0.1) is 0 Å². The monoisotopic (exact) mass is 528 g/mol. The molecular formula is C24H29ClN8O2S. The third kappa shape index (κ3) is 5.84. The lowest BCUT2D eigenvalue weighted by atomic mass is 10.1. The van der Waals surface area contributed by atoms with E-state index in [4.69, 9.17) is 11.6 Å². The lowest BCUT2D eigenvalue weighted by Gasteiger charge is -2.30. The molecule has 1 saturated heterocycles. The molecule has 0 aliphatic carbocycles. The molecule has 1 aliphatic heterocycles. The van der Waals surface area contributed by atoms with E-state index in [1.54, 1.807) is 0 Å². The van der Waals surface area contributed by atoms with Crippen LogP contribution >= 0.6 is 11.6 Å². The van der Waals surface area contributed by atoms with E-state index in [1.807, 2.05) is 50.0 Å². The number of sulfonamides is 1. The number of halogens is 1. The molecule has 0 radical (unpaired) electrons. The highest BCUT2D eigenvalue weighted by atomic mass is 35.5. The zero-order valence-corrected chi connectivity index (χ0v) is 22.3. The molecule has 1 aromatic carbocycles. The van der Waals surface area contributed by atoms with E-state index in [0.29, 0.717) is 59.7 Å². The third-order valence-electron chi connectivity index (χ3n) is 6.06. The van der Waals surface area contributed by atoms with Crippen LogP contribution in [0.25, 0.3) is 17.1 Å². The first-order valence-corrected chi connectivity index (χ1v) is 13.8. The first-order chi connectivity index (χ1) is 17.0. The Morgan fingerprint density at radius 2 is 1.97 bits per heavy atom. The van der Waals surface area contributed by atoms with Gasteiger partial charge in [0.25, 0.3) is 0 Å². The normalized spacial score (nSPS) is 15.2. The summed E-state index contributed by atoms with van der Waals surface area (Å²) in [6, 6.07) is 8.11. The van der Waals surface area contributed by atoms with Crippen molar-refractivity contribution in [2.24, 2.45) is 0 Å². The van der Waals surface area contributed by atoms with Gasteiger partial charge in [0.1, 0.15) is 23.3 Å². The zero-order chi connectivity index (χ0) is 26.0. The Morgan fingerprint density at radius 1 is 1.25 bits per heavy atom. The average molecular weight is 529 g/mol. The van der Waals surface area contributed by atoms with E-state index >= 15 is 0 Å². The molecule has 2 aromatic heterocycles. The molecular weight excluding hydrogens is 500 g/mol. The number of benzene rings is 1. The van der Waals surface area contributed by atoms with Crippen LogP contribution in [0.3, 0.4) is 0 Å². The molecule has 0 unspecified atom stereocenters. The number of hydrogen-bond donors (Lipinski definition) is 1. The van der Waals surface area contributed by atoms with Crippen molar-refractivity contribution in [3.63, 3.8) is 0 Å². The molecule has 0 bridgehead atoms. The first kappa shape index (κ1) is 26.0. The Labute approximate surface area is 216 Å². The van der Waals surface area contributed by atoms with Gasteiger partial charge in [-0.3, -0.25) is 0 Å². The zero-order valence-electron chi connectivity index (χ0n) is 20.7. The molecule has 10 nitrogen and oxygen atoms in total. The van der Waals surface area contributed by atoms with Gasteiger partial charge in [0, 0.05) is 31.9 Å². The summed E-state index contributed by atoms with van der Waals surface area (Å²) in [4.78, 5) is 15.6. The summed E-state index contributed by atoms with van der Waals surface area (Å²) in [5.74, 6) is 1.08. The number of nitriles is 1. The number of aromatic nitrogens is 4. The van der Waals surface area contributed by atoms with Gasteiger partial charge >= 0.3 is 0 Å². The molecule has 0 atom stereocenters. The standard InChI is InChI=1S/C24H29ClN8O2S/c1-16-28-21(15-33(16)22-6-5-17(11-20(22)25)14-31(2)3)23-18(12-26)13-27-24(30-23)29-19-7-9-32(10-8-19)36(4,34)35/h5-6,11,13,15,19H,7-10,14H2,1-4H3,(H,27,29,30). The van der Waals surface area contributed by atoms with Gasteiger partial charge in [-0.2, -0.15) is 5.26 Å². The maximum absolute atomic E-state index is 11.8. The smallest absolute Gasteiger partial charge is 0.223 e. The fourth-order valence-corrected chi connectivity index (χ4v) is 5.45. The number of rotatable bonds is 7. The van der Waals surface area contributed by atoms with Crippen LogP contribution in [0.2, 0.25) is 5.02 Å². The largest absolute Gasteiger partial charge is 0.351 e. The Hall–Kier alpha value is -3.04. The van der Waals surface area contributed by atoms with E-state index in [1.165, 1.54) is 16.8 Å². The molecule has 0 spiro atoms. The van der Waals surface area contributed by atoms with Gasteiger partial charge in [-0.05, 0) is 51.6 Å². The summed E-state index contributed by atoms with van der Waals surface area (Å²) < 4.78 is 26.9. The lowest BCUT2D eigenvalue weighted by molar-refractivity contribution is 0.331. The molecule has 12 heteroatoms. The van der Waals surface area contributed by atoms with Crippen molar-refractivity contribution in [2.75, 3.05) is 38.8 Å². The van der Waals surface area contributed by atoms with Crippen LogP contribution in [0.1, 0.15) is 29.8 Å². The molecule has 3 heterocycles. The van der Waals surface area contributed by atoms with Crippen molar-refractivity contribution in [3.05, 3.63) is 52.6 Å². The van der Waals surface area contributed by atoms with Gasteiger partial charge in [0.05, 0.1) is 28.7 Å². The highest BCUT2D eigenvalue weighted by Crippen LogP contribution is 2.28. The van der Waals surface area contributed by atoms with Crippen LogP contribution in [-0.2, 0) is 16.6 Å². The predicted octanol–water partition coefficient (Wildman–Crippen LogP) is 3.06. The van der Waals surface area contributed by atoms with E-state index in [0.717, 1.165) is 17.8 Å². The van der Waals surface area contributed by atoms with Crippen molar-refractivity contribution < 1.29 is 8.42 Å². The molecule has 1 N–H and O–H groups in total. The Balaban J connectivity index is 1.58. The second-order valence-corrected chi connectivity index (χ2v) is 11.6. The van der Waals surface area contributed by atoms with Crippen LogP contribution in [0.4, 0.5) is 5.95 Å². The Bertz CT molecular complexity index is 1410. The van der Waals surface area contributed by atoms with Crippen molar-refractivity contribution in [1.29, 1.82) is 5.26 Å². The second-order valence-electron chi connectivity index (χ2n) is 9.22. The molecule has 1 aliphatic rings. The molecule has 0 amide bonds. The average Bonchev–Trinajstić information content (AvgIpc) is 3.19. The van der Waals surface area contributed by atoms with Crippen molar-refractivity contribution in [1.82, 2.24) is 28.7 Å². The SMILES string of the molecule is Cc1nc(-c2nc(NC3CCN(S(C)(=O)=O)CC3)ncc2C#N)cn1-c1ccc(CN(C)C)cc1Cl. The summed E-state index contributed by atoms with van der Waals surface area (Å²) in [6.07, 6.45) is 5.81. The fraction of sp³-hybridized carbons (Fsp3) is 0.417. The quantitative estimate of drug-likeness (QED) is 0.496. The lowest BCUT2D eigenvalue weighted by Crippen LogP contribution is -2.42. The van der Waals surface area contributed by atoms with Crippen LogP contribution in [0, 0.1) is 18.3 Å². The second kappa shape index (κ2) is 10.5. The maximum atomic E-state index is 11.8. The van der Waals surface area contributed by atoms with Crippen LogP contribution in [0.15, 0.2) is 30.6 Å². The Kier molecular flexibility index (Phi) is 7.61. The van der Waals surface area contributed by atoms with Crippen molar-refractivity contribution in [2.45, 2.75) is 32.4 Å². The first-order valence-electron chi connectivity index (χ1n) is 11.5. The highest BCUT2D eigenvalue weighted by Gasteiger charge is 2.25. The van der Waals surface area contributed by atoms with Crippen LogP contribution in [0.5, 0.6) is 0 Å². The predicted molar refractivity (Wildman–Crippen MR) is 140 cm³/mol. The van der Waals surface area contributed by atoms with Crippen LogP contribution in [-0.4, -0.2) is 76.6 Å². The summed E-state index contributed by atoms with van der Waals surface area (Å²) >= 11 is 6.61. The molecule has 36 heavy (non-hydrogen) atoms. The van der Waals surface area contributed by atoms with Gasteiger partial charge < -0.3 is 14.8 Å². The summed E-state index contributed by atoms with van der Waals surface area (Å²) in [5.41, 5.74) is 3.16. The van der Waals surface area contributed by atoms with Crippen molar-refractivity contribution >= 4 is 27.6 Å². The minimum atomic E-state index is -3.19. The number of piperidine rings is 1. The minimum Gasteiger partial charge on any atom is -0.351 e. The molecule has 1 fully saturated rings. The fourth-order valence-electron chi connectivity index (χ4n) is 4.28. The highest BCUT2D eigenvalue weighted by molar-refractivity contribution is 7.88. The molecule has 3 aromatic rings. The van der Waals surface area contributed by atoms with E-state index in [-0.39, 0.29) is 6.04 Å². The van der Waals surface area contributed by atoms with E-state index < -0.39 is 10.0 Å². The maximum Gasteiger partial charge on any atom is 0.223 e. The van der Waals surface area contributed by atoms with Crippen molar-refractivity contribution in [3.8, 4) is 23.1 Å². The number of imidazole rings is 1. The van der Waals surface area contributed by atoms with Gasteiger partial charge in [0.15, 0.2) is 0 Å². The van der Waals surface area contributed by atoms with Gasteiger partial charge in [0.2, 0.25) is 16.0 Å². The van der Waals surface area contributed by atoms with E-state index in [9.17, 15) is 13.7 Å². The number of anilines is 1. The van der Waals surface area contributed by atoms with Crippen LogP contribution < -0.4 is 5.32 Å². The summed E-state index contributed by atoms with van der Waals surface area (Å²) in [6.45, 7) is 3.54. The molecule has 4 rings (SSSR count). The summed E-state index contributed by atoms with van der Waals surface area (Å²) in [5, 5.41) is 13.6. The number of hydrogen-bond acceptors (Lipinski definition) is 8. The summed E-state index contributed by atoms with van der Waals surface area (Å²) in [7, 11) is 0.815. The number of aryl methyl sites for hydroxylation is 1. The third-order valence-corrected chi connectivity index (χ3v) is 7.67. The Morgan fingerprint density at radius 3 is 2.58 bits per heavy atom. The van der Waals surface area contributed by atoms with Gasteiger partial charge in [-0.25, -0.2) is 27.7 Å². The number of nitrogens with zero attached hydrogens (tertiary/aromatic N) is 7. The molecule has 0 saturated carbocycles. The molecule has 190 valence electrons. The minimum absolute atomic E-state index is 0.0302. The van der Waals surface area contributed by atoms with Gasteiger partial charge in [-0.1, -0.05) is 17.7 Å². The van der Waals surface area contributed by atoms with E-state index in [2.05, 4.69) is 31.2 Å². The number of nitrogens with one attached hydrogen (secondary N) is 1.